The number of hydrogen-bond acceptors (Lipinski definition) is 7. The van der Waals surface area contributed by atoms with Crippen molar-refractivity contribution in [3.05, 3.63) is 114 Å². The number of hydrogen-bond donors (Lipinski definition) is 0. The van der Waals surface area contributed by atoms with Gasteiger partial charge in [0.2, 0.25) is 0 Å². The van der Waals surface area contributed by atoms with Gasteiger partial charge in [-0.3, -0.25) is 9.36 Å². The molecule has 1 heterocycles. The van der Waals surface area contributed by atoms with Crippen LogP contribution < -0.4 is 14.2 Å². The second kappa shape index (κ2) is 12.7. The zero-order valence-corrected chi connectivity index (χ0v) is 24.2. The number of rotatable bonds is 11. The molecule has 0 amide bonds. The van der Waals surface area contributed by atoms with Crippen LogP contribution in [-0.4, -0.2) is 41.4 Å². The Hall–Kier alpha value is -4.56. The van der Waals surface area contributed by atoms with Gasteiger partial charge in [0, 0.05) is 16.8 Å². The van der Waals surface area contributed by atoms with Crippen LogP contribution in [0.25, 0.3) is 17.1 Å². The van der Waals surface area contributed by atoms with E-state index >= 15 is 0 Å². The number of ketones is 1. The summed E-state index contributed by atoms with van der Waals surface area (Å²) < 4.78 is 18.3. The molecule has 5 aromatic rings. The number of benzene rings is 4. The number of thioether (sulfide) groups is 1. The third-order valence-electron chi connectivity index (χ3n) is 6.57. The standard InChI is InChI=1S/C33H31N3O4S/c1-5-40-29-19-13-26(14-20-29)36-32(25-8-6-7-22(2)21-25)34-35-33(36)41-31(24-11-17-28(39-4)18-12-24)30(37)23-9-15-27(38-3)16-10-23/h6-21,31H,5H2,1-4H3. The molecule has 208 valence electrons. The Kier molecular flexibility index (Phi) is 8.70. The van der Waals surface area contributed by atoms with Gasteiger partial charge in [0.25, 0.3) is 0 Å². The molecule has 0 saturated carbocycles. The summed E-state index contributed by atoms with van der Waals surface area (Å²) in [6.45, 7) is 4.58. The second-order valence-corrected chi connectivity index (χ2v) is 10.4. The highest BCUT2D eigenvalue weighted by molar-refractivity contribution is 8.00. The van der Waals surface area contributed by atoms with Gasteiger partial charge in [-0.2, -0.15) is 0 Å². The van der Waals surface area contributed by atoms with Crippen LogP contribution in [0.2, 0.25) is 0 Å². The summed E-state index contributed by atoms with van der Waals surface area (Å²) in [4.78, 5) is 14.0. The molecule has 1 unspecified atom stereocenters. The number of nitrogens with zero attached hydrogens (tertiary/aromatic N) is 3. The SMILES string of the molecule is CCOc1ccc(-n2c(SC(C(=O)c3ccc(OC)cc3)c3ccc(OC)cc3)nnc2-c2cccc(C)c2)cc1. The highest BCUT2D eigenvalue weighted by Crippen LogP contribution is 2.40. The van der Waals surface area contributed by atoms with Crippen molar-refractivity contribution in [2.75, 3.05) is 20.8 Å². The molecule has 0 aliphatic heterocycles. The van der Waals surface area contributed by atoms with Gasteiger partial charge in [-0.05, 0) is 86.1 Å². The fourth-order valence-electron chi connectivity index (χ4n) is 4.47. The first-order chi connectivity index (χ1) is 20.0. The van der Waals surface area contributed by atoms with Crippen molar-refractivity contribution in [2.24, 2.45) is 0 Å². The summed E-state index contributed by atoms with van der Waals surface area (Å²) in [5.74, 6) is 2.82. The van der Waals surface area contributed by atoms with Gasteiger partial charge >= 0.3 is 0 Å². The minimum atomic E-state index is -0.592. The summed E-state index contributed by atoms with van der Waals surface area (Å²) in [6.07, 6.45) is 0. The third kappa shape index (κ3) is 6.28. The highest BCUT2D eigenvalue weighted by Gasteiger charge is 2.28. The van der Waals surface area contributed by atoms with Crippen molar-refractivity contribution >= 4 is 17.5 Å². The number of methoxy groups -OCH3 is 2. The molecule has 7 nitrogen and oxygen atoms in total. The molecule has 0 radical (unpaired) electrons. The topological polar surface area (TPSA) is 75.5 Å². The van der Waals surface area contributed by atoms with Gasteiger partial charge in [-0.15, -0.1) is 10.2 Å². The molecule has 0 aliphatic carbocycles. The zero-order valence-electron chi connectivity index (χ0n) is 23.4. The van der Waals surface area contributed by atoms with E-state index in [-0.39, 0.29) is 5.78 Å². The van der Waals surface area contributed by atoms with Crippen molar-refractivity contribution in [3.8, 4) is 34.3 Å². The number of aryl methyl sites for hydroxylation is 1. The van der Waals surface area contributed by atoms with Crippen LogP contribution in [0.3, 0.4) is 0 Å². The van der Waals surface area contributed by atoms with Crippen LogP contribution in [0.15, 0.2) is 102 Å². The average Bonchev–Trinajstić information content (AvgIpc) is 3.44. The van der Waals surface area contributed by atoms with Crippen molar-refractivity contribution in [1.29, 1.82) is 0 Å². The van der Waals surface area contributed by atoms with Crippen LogP contribution in [0, 0.1) is 6.92 Å². The number of carbonyl (C=O) groups excluding carboxylic acids is 1. The Bertz CT molecular complexity index is 1610. The molecular formula is C33H31N3O4S. The molecule has 4 aromatic carbocycles. The third-order valence-corrected chi connectivity index (χ3v) is 7.77. The van der Waals surface area contributed by atoms with E-state index in [1.165, 1.54) is 11.8 Å². The van der Waals surface area contributed by atoms with Gasteiger partial charge in [-0.25, -0.2) is 0 Å². The Labute approximate surface area is 244 Å². The lowest BCUT2D eigenvalue weighted by molar-refractivity contribution is 0.0989. The van der Waals surface area contributed by atoms with Gasteiger partial charge in [-0.1, -0.05) is 47.7 Å². The van der Waals surface area contributed by atoms with E-state index in [9.17, 15) is 4.79 Å². The lowest BCUT2D eigenvalue weighted by Crippen LogP contribution is -2.11. The molecule has 41 heavy (non-hydrogen) atoms. The lowest BCUT2D eigenvalue weighted by atomic mass is 10.0. The van der Waals surface area contributed by atoms with Crippen molar-refractivity contribution in [3.63, 3.8) is 0 Å². The molecular weight excluding hydrogens is 534 g/mol. The Morgan fingerprint density at radius 2 is 1.46 bits per heavy atom. The predicted octanol–water partition coefficient (Wildman–Crippen LogP) is 7.37. The molecule has 0 bridgehead atoms. The minimum Gasteiger partial charge on any atom is -0.497 e. The fraction of sp³-hybridized carbons (Fsp3) is 0.182. The van der Waals surface area contributed by atoms with E-state index < -0.39 is 5.25 Å². The van der Waals surface area contributed by atoms with Gasteiger partial charge in [0.05, 0.1) is 20.8 Å². The van der Waals surface area contributed by atoms with Crippen LogP contribution in [0.4, 0.5) is 0 Å². The molecule has 0 saturated heterocycles. The minimum absolute atomic E-state index is 0.0545. The van der Waals surface area contributed by atoms with E-state index in [0.717, 1.165) is 28.1 Å². The molecule has 0 spiro atoms. The van der Waals surface area contributed by atoms with E-state index in [1.54, 1.807) is 38.5 Å². The first-order valence-electron chi connectivity index (χ1n) is 13.2. The van der Waals surface area contributed by atoms with Crippen molar-refractivity contribution in [1.82, 2.24) is 14.8 Å². The Morgan fingerprint density at radius 3 is 2.07 bits per heavy atom. The second-order valence-electron chi connectivity index (χ2n) is 9.30. The maximum atomic E-state index is 14.0. The van der Waals surface area contributed by atoms with Crippen LogP contribution in [0.5, 0.6) is 17.2 Å². The van der Waals surface area contributed by atoms with Gasteiger partial charge in [0.15, 0.2) is 16.8 Å². The fourth-order valence-corrected chi connectivity index (χ4v) is 5.60. The highest BCUT2D eigenvalue weighted by atomic mass is 32.2. The van der Waals surface area contributed by atoms with E-state index in [1.807, 2.05) is 85.1 Å². The quantitative estimate of drug-likeness (QED) is 0.122. The zero-order chi connectivity index (χ0) is 28.8. The monoisotopic (exact) mass is 565 g/mol. The number of ether oxygens (including phenoxy) is 3. The first-order valence-corrected chi connectivity index (χ1v) is 14.1. The van der Waals surface area contributed by atoms with Gasteiger partial charge < -0.3 is 14.2 Å². The molecule has 0 N–H and O–H groups in total. The summed E-state index contributed by atoms with van der Waals surface area (Å²) in [6, 6.07) is 30.7. The molecule has 8 heteroatoms. The normalized spacial score (nSPS) is 11.6. The summed E-state index contributed by atoms with van der Waals surface area (Å²) in [5.41, 5.74) is 4.31. The number of carbonyl (C=O) groups is 1. The predicted molar refractivity (Wildman–Crippen MR) is 162 cm³/mol. The number of Topliss-reactive ketones (excluding diaryl/α,β-unsaturated/α-hetero) is 1. The summed E-state index contributed by atoms with van der Waals surface area (Å²) in [5, 5.41) is 9.21. The van der Waals surface area contributed by atoms with E-state index in [0.29, 0.717) is 34.7 Å². The molecule has 0 aliphatic rings. The Morgan fingerprint density at radius 1 is 0.829 bits per heavy atom. The lowest BCUT2D eigenvalue weighted by Gasteiger charge is -2.18. The molecule has 5 rings (SSSR count). The maximum absolute atomic E-state index is 14.0. The Balaban J connectivity index is 1.61. The van der Waals surface area contributed by atoms with E-state index in [4.69, 9.17) is 14.2 Å². The largest absolute Gasteiger partial charge is 0.497 e. The van der Waals surface area contributed by atoms with Crippen molar-refractivity contribution < 1.29 is 19.0 Å². The van der Waals surface area contributed by atoms with Gasteiger partial charge in [0.1, 0.15) is 22.5 Å². The summed E-state index contributed by atoms with van der Waals surface area (Å²) in [7, 11) is 3.22. The molecule has 1 atom stereocenters. The first kappa shape index (κ1) is 28.0. The number of aromatic nitrogens is 3. The maximum Gasteiger partial charge on any atom is 0.197 e. The van der Waals surface area contributed by atoms with E-state index in [2.05, 4.69) is 16.3 Å². The summed E-state index contributed by atoms with van der Waals surface area (Å²) >= 11 is 1.36. The van der Waals surface area contributed by atoms with Crippen LogP contribution in [0.1, 0.15) is 33.7 Å². The smallest absolute Gasteiger partial charge is 0.197 e. The van der Waals surface area contributed by atoms with Crippen LogP contribution in [-0.2, 0) is 0 Å². The van der Waals surface area contributed by atoms with Crippen molar-refractivity contribution in [2.45, 2.75) is 24.3 Å². The molecule has 1 aromatic heterocycles. The molecule has 0 fully saturated rings. The average molecular weight is 566 g/mol. The van der Waals surface area contributed by atoms with Crippen LogP contribution >= 0.6 is 11.8 Å².